The monoisotopic (exact) mass is 754 g/mol. The highest BCUT2D eigenvalue weighted by molar-refractivity contribution is 6.06. The highest BCUT2D eigenvalue weighted by Crippen LogP contribution is 2.60. The van der Waals surface area contributed by atoms with Gasteiger partial charge in [-0.25, -0.2) is 0 Å². The lowest BCUT2D eigenvalue weighted by atomic mass is 9.64. The molecule has 3 heteroatoms. The molecule has 2 bridgehead atoms. The fourth-order valence-corrected chi connectivity index (χ4v) is 11.3. The first-order chi connectivity index (χ1) is 28.7. The molecule has 3 aliphatic rings. The molecule has 0 N–H and O–H groups in total. The van der Waals surface area contributed by atoms with Crippen molar-refractivity contribution in [2.24, 2.45) is 11.8 Å². The predicted molar refractivity (Wildman–Crippen MR) is 242 cm³/mol. The Morgan fingerprint density at radius 3 is 1.53 bits per heavy atom. The van der Waals surface area contributed by atoms with E-state index in [1.54, 1.807) is 0 Å². The molecule has 3 unspecified atom stereocenters. The maximum Gasteiger partial charge on any atom is 0.137 e. The highest BCUT2D eigenvalue weighted by atomic mass is 16.3. The number of hydrogen-bond donors (Lipinski definition) is 0. The molecule has 1 heterocycles. The minimum absolute atomic E-state index is 0.00393. The fourth-order valence-electron chi connectivity index (χ4n) is 11.3. The van der Waals surface area contributed by atoms with Crippen LogP contribution in [0.3, 0.4) is 0 Å². The van der Waals surface area contributed by atoms with E-state index in [-0.39, 0.29) is 5.41 Å². The Morgan fingerprint density at radius 1 is 0.431 bits per heavy atom. The number of benzene rings is 7. The van der Waals surface area contributed by atoms with E-state index >= 15 is 0 Å². The van der Waals surface area contributed by atoms with Crippen LogP contribution < -0.4 is 9.80 Å². The highest BCUT2D eigenvalue weighted by Gasteiger charge is 2.52. The molecule has 3 atom stereocenters. The summed E-state index contributed by atoms with van der Waals surface area (Å²) in [4.78, 5) is 4.79. The predicted octanol–water partition coefficient (Wildman–Crippen LogP) is 15.7. The number of rotatable bonds is 9. The Hall–Kier alpha value is -6.06. The number of fused-ring (bicyclic) bond motifs is 5. The molecule has 0 spiro atoms. The number of nitrogens with zero attached hydrogens (tertiary/aromatic N) is 2. The standard InChI is InChI=1S/C55H50N2O/c1-4-12-40(13-5-1)41-21-28-47(29-22-41)56(45-14-6-2-7-15-45)48-30-24-42(25-31-48)55(38-39-20-23-44(55)36-39)43-26-32-49(33-27-43)57(46-16-8-3-9-17-46)50-34-35-52-51-18-10-11-19-53(51)58-54(52)37-50/h2-3,6-11,14-19,21-22,24-35,37,39-40,44H,1,4-5,12-13,20,23,36,38H2. The van der Waals surface area contributed by atoms with Crippen molar-refractivity contribution in [3.63, 3.8) is 0 Å². The summed E-state index contributed by atoms with van der Waals surface area (Å²) in [6, 6.07) is 65.2. The summed E-state index contributed by atoms with van der Waals surface area (Å²) in [6.07, 6.45) is 11.9. The van der Waals surface area contributed by atoms with E-state index in [4.69, 9.17) is 4.42 Å². The molecule has 0 saturated heterocycles. The second-order valence-corrected chi connectivity index (χ2v) is 17.2. The van der Waals surface area contributed by atoms with Gasteiger partial charge in [0.25, 0.3) is 0 Å². The lowest BCUT2D eigenvalue weighted by Crippen LogP contribution is -2.34. The topological polar surface area (TPSA) is 19.6 Å². The minimum Gasteiger partial charge on any atom is -0.456 e. The van der Waals surface area contributed by atoms with Crippen LogP contribution in [0.1, 0.15) is 80.4 Å². The van der Waals surface area contributed by atoms with Gasteiger partial charge in [0.05, 0.1) is 0 Å². The first kappa shape index (κ1) is 35.1. The third-order valence-corrected chi connectivity index (χ3v) is 14.0. The molecule has 0 amide bonds. The summed E-state index contributed by atoms with van der Waals surface area (Å²) in [5.74, 6) is 2.13. The van der Waals surface area contributed by atoms with Gasteiger partial charge in [0, 0.05) is 56.4 Å². The van der Waals surface area contributed by atoms with E-state index < -0.39 is 0 Å². The van der Waals surface area contributed by atoms with Crippen LogP contribution in [0.2, 0.25) is 0 Å². The summed E-state index contributed by atoms with van der Waals surface area (Å²) >= 11 is 0. The van der Waals surface area contributed by atoms with Gasteiger partial charge in [0.1, 0.15) is 11.2 Å². The van der Waals surface area contributed by atoms with Crippen molar-refractivity contribution in [3.05, 3.63) is 193 Å². The molecule has 7 aromatic carbocycles. The Labute approximate surface area is 342 Å². The van der Waals surface area contributed by atoms with Gasteiger partial charge >= 0.3 is 0 Å². The van der Waals surface area contributed by atoms with E-state index in [0.29, 0.717) is 11.8 Å². The van der Waals surface area contributed by atoms with Gasteiger partial charge in [-0.3, -0.25) is 0 Å². The second-order valence-electron chi connectivity index (χ2n) is 17.2. The molecular weight excluding hydrogens is 705 g/mol. The largest absolute Gasteiger partial charge is 0.456 e. The van der Waals surface area contributed by atoms with Crippen LogP contribution in [0.15, 0.2) is 180 Å². The summed E-state index contributed by atoms with van der Waals surface area (Å²) in [6.45, 7) is 0. The van der Waals surface area contributed by atoms with Crippen molar-refractivity contribution in [2.45, 2.75) is 69.1 Å². The molecule has 3 nitrogen and oxygen atoms in total. The Kier molecular flexibility index (Phi) is 8.91. The number of para-hydroxylation sites is 3. The van der Waals surface area contributed by atoms with Crippen LogP contribution >= 0.6 is 0 Å². The number of furan rings is 1. The maximum absolute atomic E-state index is 6.36. The van der Waals surface area contributed by atoms with Gasteiger partial charge in [0.2, 0.25) is 0 Å². The van der Waals surface area contributed by atoms with Gasteiger partial charge in [-0.15, -0.1) is 0 Å². The fraction of sp³-hybridized carbons (Fsp3) is 0.236. The molecule has 1 aromatic heterocycles. The molecule has 3 saturated carbocycles. The molecule has 58 heavy (non-hydrogen) atoms. The van der Waals surface area contributed by atoms with Crippen molar-refractivity contribution in [1.29, 1.82) is 0 Å². The maximum atomic E-state index is 6.36. The van der Waals surface area contributed by atoms with Crippen molar-refractivity contribution >= 4 is 56.1 Å². The van der Waals surface area contributed by atoms with E-state index in [1.807, 2.05) is 6.07 Å². The average Bonchev–Trinajstić information content (AvgIpc) is 4.03. The molecule has 3 fully saturated rings. The van der Waals surface area contributed by atoms with E-state index in [0.717, 1.165) is 44.9 Å². The average molecular weight is 755 g/mol. The molecule has 11 rings (SSSR count). The van der Waals surface area contributed by atoms with Gasteiger partial charge in [-0.1, -0.05) is 117 Å². The first-order valence-corrected chi connectivity index (χ1v) is 21.6. The van der Waals surface area contributed by atoms with E-state index in [9.17, 15) is 0 Å². The van der Waals surface area contributed by atoms with Crippen molar-refractivity contribution < 1.29 is 4.42 Å². The Balaban J connectivity index is 0.946. The number of hydrogen-bond acceptors (Lipinski definition) is 3. The molecule has 8 aromatic rings. The van der Waals surface area contributed by atoms with E-state index in [1.165, 1.54) is 91.5 Å². The number of anilines is 6. The van der Waals surface area contributed by atoms with Crippen molar-refractivity contribution in [1.82, 2.24) is 0 Å². The summed E-state index contributed by atoms with van der Waals surface area (Å²) in [5, 5.41) is 2.30. The first-order valence-electron chi connectivity index (χ1n) is 21.6. The van der Waals surface area contributed by atoms with E-state index in [2.05, 4.69) is 180 Å². The lowest BCUT2D eigenvalue weighted by molar-refractivity contribution is 0.320. The zero-order valence-corrected chi connectivity index (χ0v) is 33.1. The Morgan fingerprint density at radius 2 is 0.948 bits per heavy atom. The zero-order chi connectivity index (χ0) is 38.5. The second kappa shape index (κ2) is 14.7. The van der Waals surface area contributed by atoms with Gasteiger partial charge in [-0.05, 0) is 145 Å². The molecule has 286 valence electrons. The normalized spacial score (nSPS) is 20.5. The SMILES string of the molecule is c1ccc(N(c2ccc(C3CCCCC3)cc2)c2ccc(C3(c4ccc(N(c5ccccc5)c5ccc6c(c5)oc5ccccc56)cc4)CC4CCC3C4)cc2)cc1. The molecular formula is C55H50N2O. The van der Waals surface area contributed by atoms with Crippen LogP contribution in [-0.4, -0.2) is 0 Å². The third kappa shape index (κ3) is 6.11. The van der Waals surface area contributed by atoms with Crippen molar-refractivity contribution in [3.8, 4) is 0 Å². The lowest BCUT2D eigenvalue weighted by Gasteiger charge is -2.40. The van der Waals surface area contributed by atoms with Crippen LogP contribution in [0.4, 0.5) is 34.1 Å². The molecule has 0 radical (unpaired) electrons. The summed E-state index contributed by atoms with van der Waals surface area (Å²) < 4.78 is 6.36. The molecule has 0 aliphatic heterocycles. The van der Waals surface area contributed by atoms with Crippen molar-refractivity contribution in [2.75, 3.05) is 9.80 Å². The zero-order valence-electron chi connectivity index (χ0n) is 33.1. The quantitative estimate of drug-likeness (QED) is 0.146. The summed E-state index contributed by atoms with van der Waals surface area (Å²) in [5.41, 5.74) is 13.2. The third-order valence-electron chi connectivity index (χ3n) is 14.0. The molecule has 3 aliphatic carbocycles. The minimum atomic E-state index is 0.00393. The van der Waals surface area contributed by atoms with Gasteiger partial charge in [-0.2, -0.15) is 0 Å². The smallest absolute Gasteiger partial charge is 0.137 e. The van der Waals surface area contributed by atoms with Crippen LogP contribution in [0, 0.1) is 11.8 Å². The van der Waals surface area contributed by atoms with Gasteiger partial charge in [0.15, 0.2) is 0 Å². The van der Waals surface area contributed by atoms with Crippen LogP contribution in [-0.2, 0) is 5.41 Å². The van der Waals surface area contributed by atoms with Crippen LogP contribution in [0.5, 0.6) is 0 Å². The van der Waals surface area contributed by atoms with Crippen LogP contribution in [0.25, 0.3) is 21.9 Å². The summed E-state index contributed by atoms with van der Waals surface area (Å²) in [7, 11) is 0. The Bertz CT molecular complexity index is 2660. The van der Waals surface area contributed by atoms with Gasteiger partial charge < -0.3 is 14.2 Å².